The summed E-state index contributed by atoms with van der Waals surface area (Å²) in [5.41, 5.74) is 10.8. The molecule has 2 aromatic carbocycles. The number of nitrogens with two attached hydrogens (primary N) is 2. The summed E-state index contributed by atoms with van der Waals surface area (Å²) >= 11 is 11.0. The fourth-order valence-corrected chi connectivity index (χ4v) is 2.70. The van der Waals surface area contributed by atoms with E-state index in [0.717, 1.165) is 0 Å². The van der Waals surface area contributed by atoms with Gasteiger partial charge in [-0.15, -0.1) is 0 Å². The maximum Gasteiger partial charge on any atom is 2.00 e. The summed E-state index contributed by atoms with van der Waals surface area (Å²) < 4.78 is 0. The number of carboxylic acid groups (broad SMARTS) is 2. The third-order valence-corrected chi connectivity index (χ3v) is 4.74. The largest absolute Gasteiger partial charge is 2.00 e. The first-order chi connectivity index (χ1) is 18.0. The Morgan fingerprint density at radius 2 is 0.902 bits per heavy atom. The minimum Gasteiger partial charge on any atom is -0.545 e. The van der Waals surface area contributed by atoms with Crippen molar-refractivity contribution in [1.29, 1.82) is 0 Å². The monoisotopic (exact) mass is 651 g/mol. The maximum atomic E-state index is 10.4. The number of hydrogen-bond acceptors (Lipinski definition) is 8. The molecule has 0 fully saturated rings. The second kappa shape index (κ2) is 22.4. The standard InChI is InChI=1S/2C7H5ClO2.2C6H6N2O.Co.2H2O/c2*8-6-4-2-1-3-5(6)7(9)10;2*7-6(9)5-2-1-3-8-4-5;;;/h2*1-4H,(H,9,10);2*1-4H,(H2,7,9);;2*1H2/q;;;;+2;;. The van der Waals surface area contributed by atoms with Crippen LogP contribution in [0.4, 0.5) is 0 Å². The van der Waals surface area contributed by atoms with Crippen molar-refractivity contribution < 1.29 is 57.1 Å². The summed E-state index contributed by atoms with van der Waals surface area (Å²) in [6.45, 7) is 0. The van der Waals surface area contributed by atoms with Crippen LogP contribution in [0.5, 0.6) is 0 Å². The molecule has 0 unspecified atom stereocenters. The van der Waals surface area contributed by atoms with Crippen LogP contribution in [0.25, 0.3) is 0 Å². The molecule has 2 heterocycles. The number of aromatic nitrogens is 2. The molecule has 1 radical (unpaired) electrons. The molecule has 0 saturated heterocycles. The van der Waals surface area contributed by atoms with Crippen LogP contribution in [0.3, 0.4) is 0 Å². The molecule has 12 nitrogen and oxygen atoms in total. The van der Waals surface area contributed by atoms with E-state index in [9.17, 15) is 29.4 Å². The van der Waals surface area contributed by atoms with Gasteiger partial charge in [0, 0.05) is 46.0 Å². The van der Waals surface area contributed by atoms with Gasteiger partial charge in [0.25, 0.3) is 0 Å². The Kier molecular flexibility index (Phi) is 22.5. The van der Waals surface area contributed by atoms with E-state index in [1.165, 1.54) is 36.7 Å². The zero-order valence-electron chi connectivity index (χ0n) is 21.0. The Hall–Kier alpha value is -4.37. The van der Waals surface area contributed by atoms with Gasteiger partial charge < -0.3 is 42.2 Å². The van der Waals surface area contributed by atoms with Crippen molar-refractivity contribution >= 4 is 47.0 Å². The van der Waals surface area contributed by atoms with Crippen LogP contribution < -0.4 is 21.7 Å². The maximum absolute atomic E-state index is 10.4. The molecule has 15 heteroatoms. The third-order valence-electron chi connectivity index (χ3n) is 4.08. The molecule has 41 heavy (non-hydrogen) atoms. The molecular weight excluding hydrogens is 626 g/mol. The molecule has 0 aliphatic heterocycles. The fourth-order valence-electron chi connectivity index (χ4n) is 2.27. The van der Waals surface area contributed by atoms with Gasteiger partial charge in [-0.05, 0) is 36.4 Å². The molecule has 4 rings (SSSR count). The molecule has 0 bridgehead atoms. The van der Waals surface area contributed by atoms with Crippen LogP contribution in [0.1, 0.15) is 41.4 Å². The fraction of sp³-hybridized carbons (Fsp3) is 0. The molecule has 2 aromatic heterocycles. The zero-order valence-corrected chi connectivity index (χ0v) is 23.5. The van der Waals surface area contributed by atoms with Crippen molar-refractivity contribution in [2.75, 3.05) is 0 Å². The summed E-state index contributed by atoms with van der Waals surface area (Å²) in [5.74, 6) is -3.37. The second-order valence-electron chi connectivity index (χ2n) is 6.75. The van der Waals surface area contributed by atoms with Gasteiger partial charge in [0.15, 0.2) is 0 Å². The van der Waals surface area contributed by atoms with Crippen molar-refractivity contribution in [1.82, 2.24) is 9.97 Å². The van der Waals surface area contributed by atoms with E-state index in [4.69, 9.17) is 34.7 Å². The molecule has 219 valence electrons. The van der Waals surface area contributed by atoms with Crippen LogP contribution >= 0.6 is 23.2 Å². The van der Waals surface area contributed by atoms with E-state index in [0.29, 0.717) is 11.1 Å². The van der Waals surface area contributed by atoms with E-state index in [1.807, 2.05) is 0 Å². The van der Waals surface area contributed by atoms with Gasteiger partial charge in [-0.3, -0.25) is 19.6 Å². The van der Waals surface area contributed by atoms with Gasteiger partial charge in [0.2, 0.25) is 11.8 Å². The average Bonchev–Trinajstić information content (AvgIpc) is 2.91. The summed E-state index contributed by atoms with van der Waals surface area (Å²) in [5, 5.41) is 20.9. The Morgan fingerprint density at radius 3 is 1.07 bits per heavy atom. The van der Waals surface area contributed by atoms with Crippen molar-refractivity contribution in [3.8, 4) is 0 Å². The van der Waals surface area contributed by atoms with Crippen molar-refractivity contribution in [2.24, 2.45) is 11.5 Å². The number of carbonyl (C=O) groups excluding carboxylic acids is 4. The van der Waals surface area contributed by atoms with Crippen LogP contribution in [0.2, 0.25) is 10.0 Å². The van der Waals surface area contributed by atoms with Gasteiger partial charge in [-0.2, -0.15) is 0 Å². The van der Waals surface area contributed by atoms with Gasteiger partial charge >= 0.3 is 16.8 Å². The van der Waals surface area contributed by atoms with Crippen LogP contribution in [0.15, 0.2) is 97.6 Å². The SMILES string of the molecule is NC(=O)c1cccnc1.NC(=O)c1cccnc1.O=C([O-])c1ccccc1Cl.O=C([O-])c1ccccc1Cl.[Co+2].[OH3+].[OH3+]. The first-order valence-corrected chi connectivity index (χ1v) is 11.1. The predicted octanol–water partition coefficient (Wildman–Crippen LogP) is -0.0783. The van der Waals surface area contributed by atoms with E-state index >= 15 is 0 Å². The van der Waals surface area contributed by atoms with Crippen molar-refractivity contribution in [2.45, 2.75) is 0 Å². The summed E-state index contributed by atoms with van der Waals surface area (Å²) in [4.78, 5) is 48.6. The van der Waals surface area contributed by atoms with E-state index in [1.54, 1.807) is 60.9 Å². The summed E-state index contributed by atoms with van der Waals surface area (Å²) in [6, 6.07) is 18.9. The van der Waals surface area contributed by atoms with Gasteiger partial charge in [0.1, 0.15) is 0 Å². The van der Waals surface area contributed by atoms with Gasteiger partial charge in [-0.1, -0.05) is 59.6 Å². The zero-order chi connectivity index (χ0) is 28.5. The van der Waals surface area contributed by atoms with E-state index in [-0.39, 0.29) is 48.9 Å². The minimum atomic E-state index is -1.24. The topological polar surface area (TPSA) is 258 Å². The van der Waals surface area contributed by atoms with Crippen molar-refractivity contribution in [3.63, 3.8) is 0 Å². The Balaban J connectivity index is -0.000000459. The molecule has 4 aromatic rings. The smallest absolute Gasteiger partial charge is 0.545 e. The normalized spacial score (nSPS) is 8.44. The molecule has 0 aliphatic rings. The van der Waals surface area contributed by atoms with Crippen LogP contribution in [0, 0.1) is 0 Å². The molecule has 0 atom stereocenters. The molecule has 0 spiro atoms. The van der Waals surface area contributed by atoms with Gasteiger partial charge in [0.05, 0.1) is 23.1 Å². The van der Waals surface area contributed by atoms with E-state index in [2.05, 4.69) is 9.97 Å². The number of primary amides is 2. The number of amides is 2. The molecular formula is C26H26Cl2CoN4O8+2. The predicted molar refractivity (Wildman–Crippen MR) is 147 cm³/mol. The molecule has 2 amide bonds. The molecule has 10 N–H and O–H groups in total. The number of hydrogen-bond donors (Lipinski definition) is 2. The minimum absolute atomic E-state index is 0. The quantitative estimate of drug-likeness (QED) is 0.281. The van der Waals surface area contributed by atoms with Crippen molar-refractivity contribution in [3.05, 3.63) is 130 Å². The second-order valence-corrected chi connectivity index (χ2v) is 7.56. The Labute approximate surface area is 254 Å². The number of halogens is 2. The number of carboxylic acids is 2. The van der Waals surface area contributed by atoms with Crippen LogP contribution in [-0.4, -0.2) is 33.7 Å². The van der Waals surface area contributed by atoms with E-state index < -0.39 is 23.8 Å². The number of benzene rings is 2. The summed E-state index contributed by atoms with van der Waals surface area (Å²) in [6.07, 6.45) is 6.05. The molecule has 0 aliphatic carbocycles. The third kappa shape index (κ3) is 16.4. The first kappa shape index (κ1) is 41.1. The average molecular weight is 652 g/mol. The number of pyridine rings is 2. The number of carbonyl (C=O) groups is 4. The molecule has 0 saturated carbocycles. The number of rotatable bonds is 4. The van der Waals surface area contributed by atoms with Crippen LogP contribution in [-0.2, 0) is 27.7 Å². The number of nitrogens with zero attached hydrogens (tertiary/aromatic N) is 2. The summed E-state index contributed by atoms with van der Waals surface area (Å²) in [7, 11) is 0. The Morgan fingerprint density at radius 1 is 0.585 bits per heavy atom. The van der Waals surface area contributed by atoms with Gasteiger partial charge in [-0.25, -0.2) is 0 Å². The Bertz CT molecular complexity index is 1260. The first-order valence-electron chi connectivity index (χ1n) is 10.4. The number of aromatic carboxylic acids is 2.